The molecule has 0 saturated heterocycles. The molecular formula is C20H23N3O5. The van der Waals surface area contributed by atoms with Crippen molar-refractivity contribution >= 4 is 18.0 Å². The Bertz CT molecular complexity index is 851. The Morgan fingerprint density at radius 3 is 2.61 bits per heavy atom. The van der Waals surface area contributed by atoms with Crippen molar-refractivity contribution in [3.63, 3.8) is 0 Å². The molecule has 0 aliphatic carbocycles. The molecule has 148 valence electrons. The summed E-state index contributed by atoms with van der Waals surface area (Å²) in [6.45, 7) is 2.32. The number of hydrogen-bond donors (Lipinski definition) is 2. The van der Waals surface area contributed by atoms with Gasteiger partial charge in [-0.2, -0.15) is 5.10 Å². The Morgan fingerprint density at radius 2 is 1.89 bits per heavy atom. The van der Waals surface area contributed by atoms with Crippen LogP contribution < -0.4 is 25.4 Å². The smallest absolute Gasteiger partial charge is 0.271 e. The number of rotatable bonds is 10. The van der Waals surface area contributed by atoms with Crippen LogP contribution in [-0.2, 0) is 4.79 Å². The number of para-hydroxylation sites is 1. The van der Waals surface area contributed by atoms with E-state index in [0.717, 1.165) is 6.42 Å². The second-order valence-corrected chi connectivity index (χ2v) is 5.71. The van der Waals surface area contributed by atoms with Gasteiger partial charge in [0.05, 0.1) is 19.9 Å². The standard InChI is InChI=1S/C20H23N3O5/c1-3-10-27-17-9-8-14(11-18(17)26-2)20(25)23-22-12-15-6-4-5-7-16(15)28-13-19(21)24/h4-9,11-12H,3,10,13H2,1-2H3,(H2,21,24)(H,23,25)/b22-12+. The molecule has 28 heavy (non-hydrogen) atoms. The molecule has 0 saturated carbocycles. The fraction of sp³-hybridized carbons (Fsp3) is 0.250. The summed E-state index contributed by atoms with van der Waals surface area (Å²) in [5, 5.41) is 3.94. The highest BCUT2D eigenvalue weighted by atomic mass is 16.5. The van der Waals surface area contributed by atoms with E-state index < -0.39 is 11.8 Å². The van der Waals surface area contributed by atoms with E-state index in [1.165, 1.54) is 13.3 Å². The number of nitrogens with zero attached hydrogens (tertiary/aromatic N) is 1. The number of nitrogens with two attached hydrogens (primary N) is 1. The minimum absolute atomic E-state index is 0.247. The number of hydrogen-bond acceptors (Lipinski definition) is 6. The molecule has 0 aliphatic heterocycles. The van der Waals surface area contributed by atoms with Crippen molar-refractivity contribution in [1.82, 2.24) is 5.43 Å². The van der Waals surface area contributed by atoms with Crippen LogP contribution in [0.4, 0.5) is 0 Å². The maximum atomic E-state index is 12.3. The van der Waals surface area contributed by atoms with Gasteiger partial charge in [0.25, 0.3) is 11.8 Å². The second kappa shape index (κ2) is 10.6. The van der Waals surface area contributed by atoms with E-state index in [-0.39, 0.29) is 6.61 Å². The average Bonchev–Trinajstić information content (AvgIpc) is 2.71. The second-order valence-electron chi connectivity index (χ2n) is 5.71. The summed E-state index contributed by atoms with van der Waals surface area (Å²) >= 11 is 0. The van der Waals surface area contributed by atoms with Crippen molar-refractivity contribution in [2.75, 3.05) is 20.3 Å². The van der Waals surface area contributed by atoms with Gasteiger partial charge in [-0.1, -0.05) is 19.1 Å². The van der Waals surface area contributed by atoms with Gasteiger partial charge in [-0.05, 0) is 36.8 Å². The van der Waals surface area contributed by atoms with Crippen LogP contribution in [0.3, 0.4) is 0 Å². The van der Waals surface area contributed by atoms with Gasteiger partial charge in [-0.25, -0.2) is 5.43 Å². The van der Waals surface area contributed by atoms with Crippen LogP contribution in [0, 0.1) is 0 Å². The van der Waals surface area contributed by atoms with Crippen LogP contribution in [-0.4, -0.2) is 38.4 Å². The lowest BCUT2D eigenvalue weighted by atomic mass is 10.2. The molecule has 0 heterocycles. The summed E-state index contributed by atoms with van der Waals surface area (Å²) in [4.78, 5) is 23.2. The number of methoxy groups -OCH3 is 1. The lowest BCUT2D eigenvalue weighted by Gasteiger charge is -2.11. The third-order valence-corrected chi connectivity index (χ3v) is 3.55. The Kier molecular flexibility index (Phi) is 7.83. The number of hydrazone groups is 1. The number of carbonyl (C=O) groups is 2. The topological polar surface area (TPSA) is 112 Å². The highest BCUT2D eigenvalue weighted by molar-refractivity contribution is 5.95. The molecule has 2 aromatic rings. The minimum Gasteiger partial charge on any atom is -0.493 e. The number of carbonyl (C=O) groups excluding carboxylic acids is 2. The SMILES string of the molecule is CCCOc1ccc(C(=O)N/N=C/c2ccccc2OCC(N)=O)cc1OC. The molecule has 0 unspecified atom stereocenters. The van der Waals surface area contributed by atoms with Crippen LogP contribution in [0.15, 0.2) is 47.6 Å². The molecule has 3 N–H and O–H groups in total. The summed E-state index contributed by atoms with van der Waals surface area (Å²) in [5.74, 6) is 0.478. The van der Waals surface area contributed by atoms with Gasteiger partial charge in [-0.3, -0.25) is 9.59 Å². The first-order valence-electron chi connectivity index (χ1n) is 8.69. The zero-order valence-electron chi connectivity index (χ0n) is 15.8. The molecular weight excluding hydrogens is 362 g/mol. The number of primary amides is 1. The number of nitrogens with one attached hydrogen (secondary N) is 1. The molecule has 0 fully saturated rings. The first-order valence-corrected chi connectivity index (χ1v) is 8.69. The molecule has 0 radical (unpaired) electrons. The van der Waals surface area contributed by atoms with Crippen molar-refractivity contribution < 1.29 is 23.8 Å². The fourth-order valence-electron chi connectivity index (χ4n) is 2.23. The maximum absolute atomic E-state index is 12.3. The predicted molar refractivity (Wildman–Crippen MR) is 105 cm³/mol. The molecule has 0 spiro atoms. The first-order chi connectivity index (χ1) is 13.5. The molecule has 2 aromatic carbocycles. The van der Waals surface area contributed by atoms with Crippen LogP contribution in [0.25, 0.3) is 0 Å². The van der Waals surface area contributed by atoms with E-state index in [4.69, 9.17) is 19.9 Å². The van der Waals surface area contributed by atoms with E-state index in [9.17, 15) is 9.59 Å². The Hall–Kier alpha value is -3.55. The summed E-state index contributed by atoms with van der Waals surface area (Å²) in [6, 6.07) is 11.8. The molecule has 2 amide bonds. The molecule has 8 heteroatoms. The highest BCUT2D eigenvalue weighted by Gasteiger charge is 2.11. The van der Waals surface area contributed by atoms with Gasteiger partial charge in [0, 0.05) is 11.1 Å². The molecule has 2 rings (SSSR count). The van der Waals surface area contributed by atoms with Crippen molar-refractivity contribution in [2.45, 2.75) is 13.3 Å². The lowest BCUT2D eigenvalue weighted by molar-refractivity contribution is -0.119. The normalized spacial score (nSPS) is 10.5. The van der Waals surface area contributed by atoms with Crippen LogP contribution >= 0.6 is 0 Å². The van der Waals surface area contributed by atoms with Crippen molar-refractivity contribution in [1.29, 1.82) is 0 Å². The largest absolute Gasteiger partial charge is 0.493 e. The Balaban J connectivity index is 2.05. The fourth-order valence-corrected chi connectivity index (χ4v) is 2.23. The third kappa shape index (κ3) is 6.01. The van der Waals surface area contributed by atoms with Gasteiger partial charge in [0.2, 0.25) is 0 Å². The predicted octanol–water partition coefficient (Wildman–Crippen LogP) is 2.11. The first kappa shape index (κ1) is 20.8. The molecule has 0 aromatic heterocycles. The minimum atomic E-state index is -0.583. The van der Waals surface area contributed by atoms with E-state index in [1.54, 1.807) is 42.5 Å². The van der Waals surface area contributed by atoms with Gasteiger partial charge in [0.1, 0.15) is 5.75 Å². The summed E-state index contributed by atoms with van der Waals surface area (Å²) in [5.41, 5.74) is 8.48. The third-order valence-electron chi connectivity index (χ3n) is 3.55. The number of benzene rings is 2. The molecule has 0 bridgehead atoms. The van der Waals surface area contributed by atoms with Gasteiger partial charge in [-0.15, -0.1) is 0 Å². The maximum Gasteiger partial charge on any atom is 0.271 e. The van der Waals surface area contributed by atoms with E-state index in [1.807, 2.05) is 6.92 Å². The van der Waals surface area contributed by atoms with Crippen molar-refractivity contribution in [2.24, 2.45) is 10.8 Å². The summed E-state index contributed by atoms with van der Waals surface area (Å²) < 4.78 is 16.1. The number of amides is 2. The van der Waals surface area contributed by atoms with Gasteiger partial charge in [0.15, 0.2) is 18.1 Å². The van der Waals surface area contributed by atoms with E-state index in [0.29, 0.717) is 35.0 Å². The average molecular weight is 385 g/mol. The molecule has 8 nitrogen and oxygen atoms in total. The highest BCUT2D eigenvalue weighted by Crippen LogP contribution is 2.28. The van der Waals surface area contributed by atoms with Crippen LogP contribution in [0.5, 0.6) is 17.2 Å². The number of ether oxygens (including phenoxy) is 3. The van der Waals surface area contributed by atoms with Crippen LogP contribution in [0.1, 0.15) is 29.3 Å². The van der Waals surface area contributed by atoms with Crippen molar-refractivity contribution in [3.05, 3.63) is 53.6 Å². The quantitative estimate of drug-likeness (QED) is 0.480. The van der Waals surface area contributed by atoms with E-state index in [2.05, 4.69) is 10.5 Å². The Labute approximate surface area is 163 Å². The lowest BCUT2D eigenvalue weighted by Crippen LogP contribution is -2.20. The van der Waals surface area contributed by atoms with E-state index >= 15 is 0 Å². The molecule has 0 atom stereocenters. The summed E-state index contributed by atoms with van der Waals surface area (Å²) in [6.07, 6.45) is 2.29. The van der Waals surface area contributed by atoms with Gasteiger partial charge < -0.3 is 19.9 Å². The van der Waals surface area contributed by atoms with Crippen LogP contribution in [0.2, 0.25) is 0 Å². The summed E-state index contributed by atoms with van der Waals surface area (Å²) in [7, 11) is 1.51. The molecule has 0 aliphatic rings. The zero-order valence-corrected chi connectivity index (χ0v) is 15.8. The van der Waals surface area contributed by atoms with Gasteiger partial charge >= 0.3 is 0 Å². The Morgan fingerprint density at radius 1 is 1.11 bits per heavy atom. The zero-order chi connectivity index (χ0) is 20.4. The monoisotopic (exact) mass is 385 g/mol. The van der Waals surface area contributed by atoms with Crippen molar-refractivity contribution in [3.8, 4) is 17.2 Å².